The molecule has 11 heteroatoms. The number of anilines is 4. The Morgan fingerprint density at radius 3 is 2.66 bits per heavy atom. The summed E-state index contributed by atoms with van der Waals surface area (Å²) in [7, 11) is -3.92. The highest BCUT2D eigenvalue weighted by molar-refractivity contribution is 7.92. The van der Waals surface area contributed by atoms with Crippen LogP contribution in [0.4, 0.5) is 23.0 Å². The highest BCUT2D eigenvalue weighted by atomic mass is 32.2. The Kier molecular flexibility index (Phi) is 8.56. The molecule has 2 heterocycles. The van der Waals surface area contributed by atoms with Gasteiger partial charge in [-0.15, -0.1) is 0 Å². The summed E-state index contributed by atoms with van der Waals surface area (Å²) in [4.78, 5) is 20.3. The predicted octanol–water partition coefficient (Wildman–Crippen LogP) is 5.50. The Morgan fingerprint density at radius 1 is 0.976 bits per heavy atom. The van der Waals surface area contributed by atoms with E-state index in [0.717, 1.165) is 23.3 Å². The molecule has 0 unspecified atom stereocenters. The van der Waals surface area contributed by atoms with Gasteiger partial charge in [-0.25, -0.2) is 18.4 Å². The number of aromatic nitrogens is 2. The molecule has 0 saturated carbocycles. The van der Waals surface area contributed by atoms with Crippen LogP contribution in [-0.2, 0) is 26.2 Å². The minimum Gasteiger partial charge on any atom is -0.493 e. The number of rotatable bonds is 4. The molecule has 0 saturated heterocycles. The van der Waals surface area contributed by atoms with Gasteiger partial charge in [0.15, 0.2) is 0 Å². The number of carbonyl (C=O) groups is 1. The van der Waals surface area contributed by atoms with E-state index in [4.69, 9.17) is 9.47 Å². The molecule has 5 rings (SSSR count). The van der Waals surface area contributed by atoms with E-state index in [0.29, 0.717) is 41.9 Å². The molecule has 4 aromatic rings. The van der Waals surface area contributed by atoms with Gasteiger partial charge in [0, 0.05) is 30.1 Å². The third-order valence-electron chi connectivity index (χ3n) is 5.97. The van der Waals surface area contributed by atoms with Crippen LogP contribution >= 0.6 is 0 Å². The van der Waals surface area contributed by atoms with E-state index < -0.39 is 10.0 Å². The number of nitrogens with one attached hydrogen (secondary N) is 3. The first-order valence-electron chi connectivity index (χ1n) is 12.9. The molecule has 1 amide bonds. The minimum absolute atomic E-state index is 0.0524. The summed E-state index contributed by atoms with van der Waals surface area (Å²) in [5.74, 6) is 0.850. The highest BCUT2D eigenvalue weighted by Gasteiger charge is 2.16. The van der Waals surface area contributed by atoms with Gasteiger partial charge in [0.1, 0.15) is 5.75 Å². The number of amides is 1. The quantitative estimate of drug-likeness (QED) is 0.274. The summed E-state index contributed by atoms with van der Waals surface area (Å²) in [6.07, 6.45) is 6.31. The maximum atomic E-state index is 13.2. The number of carbonyl (C=O) groups excluding carboxylic acids is 1. The van der Waals surface area contributed by atoms with Crippen LogP contribution in [0.2, 0.25) is 0 Å². The van der Waals surface area contributed by atoms with Crippen molar-refractivity contribution in [2.45, 2.75) is 24.8 Å². The molecule has 3 N–H and O–H groups in total. The van der Waals surface area contributed by atoms with Crippen molar-refractivity contribution >= 4 is 38.9 Å². The fourth-order valence-corrected chi connectivity index (χ4v) is 5.21. The predicted molar refractivity (Wildman–Crippen MR) is 158 cm³/mol. The van der Waals surface area contributed by atoms with Crippen LogP contribution < -0.4 is 20.1 Å². The summed E-state index contributed by atoms with van der Waals surface area (Å²) < 4.78 is 40.7. The average molecular weight is 572 g/mol. The van der Waals surface area contributed by atoms with E-state index in [1.165, 1.54) is 31.2 Å². The zero-order valence-corrected chi connectivity index (χ0v) is 23.1. The van der Waals surface area contributed by atoms with Gasteiger partial charge in [0.05, 0.1) is 36.1 Å². The summed E-state index contributed by atoms with van der Waals surface area (Å²) >= 11 is 0. The van der Waals surface area contributed by atoms with Crippen LogP contribution in [0.15, 0.2) is 96.0 Å². The van der Waals surface area contributed by atoms with Crippen LogP contribution in [0.1, 0.15) is 18.9 Å². The number of sulfonamides is 1. The molecule has 0 atom stereocenters. The number of ether oxygens (including phenoxy) is 2. The normalized spacial score (nSPS) is 14.4. The van der Waals surface area contributed by atoms with Crippen molar-refractivity contribution in [1.82, 2.24) is 9.97 Å². The van der Waals surface area contributed by atoms with Crippen LogP contribution in [0.25, 0.3) is 11.3 Å². The second kappa shape index (κ2) is 12.6. The molecule has 3 aromatic carbocycles. The maximum absolute atomic E-state index is 13.2. The number of nitrogens with zero attached hydrogens (tertiary/aromatic N) is 2. The fourth-order valence-electron chi connectivity index (χ4n) is 4.17. The van der Waals surface area contributed by atoms with Crippen LogP contribution in [0, 0.1) is 0 Å². The largest absolute Gasteiger partial charge is 0.493 e. The zero-order valence-electron chi connectivity index (χ0n) is 22.3. The Labute approximate surface area is 238 Å². The second-order valence-corrected chi connectivity index (χ2v) is 11.0. The van der Waals surface area contributed by atoms with Crippen LogP contribution in [0.5, 0.6) is 5.75 Å². The van der Waals surface area contributed by atoms with E-state index in [1.54, 1.807) is 18.3 Å². The Hall–Kier alpha value is -4.74. The van der Waals surface area contributed by atoms with Crippen molar-refractivity contribution in [3.05, 3.63) is 96.7 Å². The molecule has 0 spiro atoms. The van der Waals surface area contributed by atoms with Gasteiger partial charge in [-0.3, -0.25) is 9.52 Å². The summed E-state index contributed by atoms with van der Waals surface area (Å²) in [5, 5.41) is 5.81. The van der Waals surface area contributed by atoms with Gasteiger partial charge in [-0.1, -0.05) is 24.3 Å². The first-order valence-corrected chi connectivity index (χ1v) is 14.4. The molecule has 0 radical (unpaired) electrons. The monoisotopic (exact) mass is 571 g/mol. The molecular formula is C30H29N5O5S. The lowest BCUT2D eigenvalue weighted by atomic mass is 10.1. The smallest absolute Gasteiger partial charge is 0.261 e. The number of hydrogen-bond donors (Lipinski definition) is 3. The van der Waals surface area contributed by atoms with E-state index in [1.807, 2.05) is 48.6 Å². The third kappa shape index (κ3) is 7.68. The van der Waals surface area contributed by atoms with Crippen molar-refractivity contribution in [1.29, 1.82) is 0 Å². The summed E-state index contributed by atoms with van der Waals surface area (Å²) in [6.45, 7) is 2.55. The van der Waals surface area contributed by atoms with E-state index in [-0.39, 0.29) is 17.4 Å². The first kappa shape index (κ1) is 27.8. The lowest BCUT2D eigenvalue weighted by Crippen LogP contribution is -2.14. The number of benzene rings is 3. The molecule has 1 aliphatic heterocycles. The number of fused-ring (bicyclic) bond motifs is 7. The Bertz CT molecular complexity index is 1670. The average Bonchev–Trinajstić information content (AvgIpc) is 2.94. The molecule has 1 aromatic heterocycles. The fraction of sp³-hybridized carbons (Fsp3) is 0.167. The van der Waals surface area contributed by atoms with Gasteiger partial charge in [-0.05, 0) is 72.6 Å². The lowest BCUT2D eigenvalue weighted by Gasteiger charge is -2.14. The summed E-state index contributed by atoms with van der Waals surface area (Å²) in [6, 6.07) is 20.7. The van der Waals surface area contributed by atoms with Gasteiger partial charge in [0.25, 0.3) is 10.0 Å². The van der Waals surface area contributed by atoms with Crippen molar-refractivity contribution in [2.75, 3.05) is 28.6 Å². The van der Waals surface area contributed by atoms with Crippen molar-refractivity contribution < 1.29 is 22.7 Å². The van der Waals surface area contributed by atoms with Gasteiger partial charge in [0.2, 0.25) is 11.9 Å². The van der Waals surface area contributed by atoms with E-state index in [2.05, 4.69) is 25.3 Å². The highest BCUT2D eigenvalue weighted by Crippen LogP contribution is 2.27. The molecule has 41 heavy (non-hydrogen) atoms. The first-order chi connectivity index (χ1) is 19.8. The second-order valence-electron chi connectivity index (χ2n) is 9.27. The van der Waals surface area contributed by atoms with Gasteiger partial charge in [-0.2, -0.15) is 0 Å². The third-order valence-corrected chi connectivity index (χ3v) is 7.37. The molecular weight excluding hydrogens is 542 g/mol. The minimum atomic E-state index is -3.92. The SMILES string of the molecule is CC(=O)Nc1ccc(S(=O)(=O)Nc2cc3cc(c2)Nc2nccc(n2)-c2cccc(c2)OCC/C=C/COC3)cc1. The van der Waals surface area contributed by atoms with Crippen LogP contribution in [0.3, 0.4) is 0 Å². The molecule has 0 aliphatic carbocycles. The molecule has 6 bridgehead atoms. The number of hydrogen-bond acceptors (Lipinski definition) is 8. The molecule has 210 valence electrons. The lowest BCUT2D eigenvalue weighted by molar-refractivity contribution is -0.114. The zero-order chi connectivity index (χ0) is 28.7. The van der Waals surface area contributed by atoms with Crippen molar-refractivity contribution in [2.24, 2.45) is 0 Å². The summed E-state index contributed by atoms with van der Waals surface area (Å²) in [5.41, 5.74) is 3.75. The maximum Gasteiger partial charge on any atom is 0.261 e. The van der Waals surface area contributed by atoms with Gasteiger partial charge < -0.3 is 20.1 Å². The van der Waals surface area contributed by atoms with Gasteiger partial charge >= 0.3 is 0 Å². The van der Waals surface area contributed by atoms with E-state index in [9.17, 15) is 13.2 Å². The van der Waals surface area contributed by atoms with E-state index >= 15 is 0 Å². The molecule has 0 fully saturated rings. The topological polar surface area (TPSA) is 132 Å². The van der Waals surface area contributed by atoms with Crippen LogP contribution in [-0.4, -0.2) is 37.5 Å². The molecule has 1 aliphatic rings. The standard InChI is InChI=1S/C30H29N5O5S/c1-21(36)32-24-8-10-28(11-9-24)41(37,38)35-26-17-22-16-25(19-26)33-30-31-13-12-29(34-30)23-6-5-7-27(18-23)40-15-4-2-3-14-39-20-22/h2-3,5-13,16-19,35H,4,14-15,20H2,1H3,(H,32,36)(H,31,33,34)/b3-2+. The Morgan fingerprint density at radius 2 is 1.83 bits per heavy atom. The molecule has 10 nitrogen and oxygen atoms in total. The Balaban J connectivity index is 1.45. The van der Waals surface area contributed by atoms with Crippen molar-refractivity contribution in [3.63, 3.8) is 0 Å². The van der Waals surface area contributed by atoms with Crippen molar-refractivity contribution in [3.8, 4) is 17.0 Å².